The standard InChI is InChI=1S/C19H15Cl2F3N4O3/c20-10-3-1-4-11(21)15(10)18(31)26-12-5-2-7-28-13(9-14(30)25-6-8-29)16(19(22,23)24)27-17(12)28/h1-5,7,29H,6,8-9H2,(H,25,30)(H,26,31). The van der Waals surface area contributed by atoms with Gasteiger partial charge in [0.25, 0.3) is 5.91 Å². The minimum atomic E-state index is -4.84. The van der Waals surface area contributed by atoms with Crippen LogP contribution < -0.4 is 10.6 Å². The molecular weight excluding hydrogens is 460 g/mol. The molecule has 0 radical (unpaired) electrons. The lowest BCUT2D eigenvalue weighted by Gasteiger charge is -2.10. The first-order valence-electron chi connectivity index (χ1n) is 8.83. The van der Waals surface area contributed by atoms with Crippen molar-refractivity contribution < 1.29 is 27.9 Å². The molecule has 0 aliphatic rings. The van der Waals surface area contributed by atoms with Crippen LogP contribution >= 0.6 is 23.2 Å². The molecule has 0 saturated heterocycles. The minimum Gasteiger partial charge on any atom is -0.395 e. The van der Waals surface area contributed by atoms with Crippen LogP contribution in [0, 0.1) is 0 Å². The van der Waals surface area contributed by atoms with E-state index in [1.165, 1.54) is 30.5 Å². The van der Waals surface area contributed by atoms with Gasteiger partial charge in [-0.15, -0.1) is 0 Å². The van der Waals surface area contributed by atoms with Crippen molar-refractivity contribution in [2.75, 3.05) is 18.5 Å². The number of halogens is 5. The number of fused-ring (bicyclic) bond motifs is 1. The fraction of sp³-hybridized carbons (Fsp3) is 0.211. The van der Waals surface area contributed by atoms with Gasteiger partial charge in [-0.3, -0.25) is 9.59 Å². The summed E-state index contributed by atoms with van der Waals surface area (Å²) in [5.74, 6) is -1.46. The van der Waals surface area contributed by atoms with Gasteiger partial charge in [0.1, 0.15) is 0 Å². The molecule has 2 amide bonds. The second-order valence-electron chi connectivity index (χ2n) is 6.32. The Morgan fingerprint density at radius 2 is 1.81 bits per heavy atom. The molecule has 0 fully saturated rings. The van der Waals surface area contributed by atoms with E-state index in [0.29, 0.717) is 0 Å². The summed E-state index contributed by atoms with van der Waals surface area (Å²) in [6.07, 6.45) is -4.18. The predicted molar refractivity (Wildman–Crippen MR) is 108 cm³/mol. The van der Waals surface area contributed by atoms with E-state index in [1.54, 1.807) is 6.07 Å². The first kappa shape index (κ1) is 22.9. The average molecular weight is 475 g/mol. The number of nitrogens with one attached hydrogen (secondary N) is 2. The number of aliphatic hydroxyl groups is 1. The van der Waals surface area contributed by atoms with Gasteiger partial charge in [0.05, 0.1) is 40.0 Å². The molecule has 0 atom stereocenters. The molecule has 31 heavy (non-hydrogen) atoms. The third-order valence-electron chi connectivity index (χ3n) is 4.22. The lowest BCUT2D eigenvalue weighted by molar-refractivity contribution is -0.141. The highest BCUT2D eigenvalue weighted by molar-refractivity contribution is 6.40. The van der Waals surface area contributed by atoms with E-state index in [1.807, 2.05) is 0 Å². The zero-order valence-corrected chi connectivity index (χ0v) is 17.1. The van der Waals surface area contributed by atoms with Crippen LogP contribution in [0.25, 0.3) is 5.65 Å². The number of amides is 2. The molecule has 0 aliphatic heterocycles. The molecule has 0 aliphatic carbocycles. The Kier molecular flexibility index (Phi) is 6.73. The number of anilines is 1. The van der Waals surface area contributed by atoms with Crippen LogP contribution in [-0.4, -0.2) is 39.5 Å². The van der Waals surface area contributed by atoms with Gasteiger partial charge >= 0.3 is 6.18 Å². The second kappa shape index (κ2) is 9.13. The quantitative estimate of drug-likeness (QED) is 0.508. The smallest absolute Gasteiger partial charge is 0.395 e. The van der Waals surface area contributed by atoms with Crippen LogP contribution in [0.3, 0.4) is 0 Å². The van der Waals surface area contributed by atoms with Gasteiger partial charge in [-0.25, -0.2) is 4.98 Å². The summed E-state index contributed by atoms with van der Waals surface area (Å²) in [4.78, 5) is 28.3. The maximum absolute atomic E-state index is 13.6. The van der Waals surface area contributed by atoms with E-state index in [-0.39, 0.29) is 40.1 Å². The van der Waals surface area contributed by atoms with E-state index < -0.39 is 35.8 Å². The van der Waals surface area contributed by atoms with Crippen LogP contribution in [0.4, 0.5) is 18.9 Å². The van der Waals surface area contributed by atoms with Crippen molar-refractivity contribution in [1.29, 1.82) is 0 Å². The second-order valence-corrected chi connectivity index (χ2v) is 7.14. The van der Waals surface area contributed by atoms with Gasteiger partial charge in [-0.05, 0) is 24.3 Å². The Morgan fingerprint density at radius 1 is 1.13 bits per heavy atom. The number of benzene rings is 1. The molecule has 3 rings (SSSR count). The number of carbonyl (C=O) groups excluding carboxylic acids is 2. The normalized spacial score (nSPS) is 11.5. The molecule has 0 unspecified atom stereocenters. The number of rotatable bonds is 6. The topological polar surface area (TPSA) is 95.7 Å². The fourth-order valence-electron chi connectivity index (χ4n) is 2.92. The van der Waals surface area contributed by atoms with E-state index in [9.17, 15) is 22.8 Å². The van der Waals surface area contributed by atoms with Gasteiger partial charge in [0.15, 0.2) is 11.3 Å². The maximum atomic E-state index is 13.6. The molecular formula is C19H15Cl2F3N4O3. The van der Waals surface area contributed by atoms with Crippen molar-refractivity contribution in [1.82, 2.24) is 14.7 Å². The highest BCUT2D eigenvalue weighted by atomic mass is 35.5. The summed E-state index contributed by atoms with van der Waals surface area (Å²) >= 11 is 12.0. The average Bonchev–Trinajstić information content (AvgIpc) is 3.06. The first-order chi connectivity index (χ1) is 14.6. The van der Waals surface area contributed by atoms with E-state index in [2.05, 4.69) is 15.6 Å². The van der Waals surface area contributed by atoms with E-state index >= 15 is 0 Å². The molecule has 12 heteroatoms. The summed E-state index contributed by atoms with van der Waals surface area (Å²) in [6, 6.07) is 7.20. The number of alkyl halides is 3. The number of hydrogen-bond donors (Lipinski definition) is 3. The van der Waals surface area contributed by atoms with Gasteiger partial charge in [0.2, 0.25) is 5.91 Å². The molecule has 3 aromatic rings. The van der Waals surface area contributed by atoms with Crippen LogP contribution in [0.1, 0.15) is 21.7 Å². The molecule has 0 bridgehead atoms. The van der Waals surface area contributed by atoms with Gasteiger partial charge < -0.3 is 20.1 Å². The molecule has 2 aromatic heterocycles. The highest BCUT2D eigenvalue weighted by Gasteiger charge is 2.38. The molecule has 0 spiro atoms. The number of pyridine rings is 1. The Labute approximate surface area is 183 Å². The fourth-order valence-corrected chi connectivity index (χ4v) is 3.49. The van der Waals surface area contributed by atoms with Crippen molar-refractivity contribution in [3.63, 3.8) is 0 Å². The van der Waals surface area contributed by atoms with Crippen molar-refractivity contribution in [3.8, 4) is 0 Å². The number of aromatic nitrogens is 2. The predicted octanol–water partition coefficient (Wildman–Crippen LogP) is 3.56. The number of carbonyl (C=O) groups is 2. The summed E-state index contributed by atoms with van der Waals surface area (Å²) in [7, 11) is 0. The van der Waals surface area contributed by atoms with Crippen LogP contribution in [0.2, 0.25) is 10.0 Å². The number of hydrogen-bond acceptors (Lipinski definition) is 4. The Morgan fingerprint density at radius 3 is 2.42 bits per heavy atom. The Hall–Kier alpha value is -2.82. The van der Waals surface area contributed by atoms with Crippen LogP contribution in [0.15, 0.2) is 36.5 Å². The lowest BCUT2D eigenvalue weighted by Crippen LogP contribution is -2.29. The number of nitrogens with zero attached hydrogens (tertiary/aromatic N) is 2. The monoisotopic (exact) mass is 474 g/mol. The summed E-state index contributed by atoms with van der Waals surface area (Å²) in [5, 5.41) is 13.7. The third kappa shape index (κ3) is 4.92. The maximum Gasteiger partial charge on any atom is 0.435 e. The third-order valence-corrected chi connectivity index (χ3v) is 4.85. The van der Waals surface area contributed by atoms with E-state index in [0.717, 1.165) is 4.40 Å². The Balaban J connectivity index is 2.05. The van der Waals surface area contributed by atoms with Gasteiger partial charge in [0, 0.05) is 12.7 Å². The molecule has 1 aromatic carbocycles. The minimum absolute atomic E-state index is 0.0315. The molecule has 164 valence electrons. The number of imidazole rings is 1. The van der Waals surface area contributed by atoms with Crippen molar-refractivity contribution >= 4 is 46.4 Å². The Bertz CT molecular complexity index is 1130. The number of aliphatic hydroxyl groups excluding tert-OH is 1. The summed E-state index contributed by atoms with van der Waals surface area (Å²) < 4.78 is 41.8. The SMILES string of the molecule is O=C(Cc1c(C(F)(F)F)nc2c(NC(=O)c3c(Cl)cccc3Cl)cccn12)NCCO. The molecule has 0 saturated carbocycles. The molecule has 7 nitrogen and oxygen atoms in total. The summed E-state index contributed by atoms with van der Waals surface area (Å²) in [6.45, 7) is -0.456. The van der Waals surface area contributed by atoms with Crippen LogP contribution in [0.5, 0.6) is 0 Å². The van der Waals surface area contributed by atoms with Crippen LogP contribution in [-0.2, 0) is 17.4 Å². The zero-order chi connectivity index (χ0) is 22.8. The van der Waals surface area contributed by atoms with Gasteiger partial charge in [-0.2, -0.15) is 13.2 Å². The first-order valence-corrected chi connectivity index (χ1v) is 9.59. The molecule has 3 N–H and O–H groups in total. The lowest BCUT2D eigenvalue weighted by atomic mass is 10.2. The van der Waals surface area contributed by atoms with Crippen molar-refractivity contribution in [3.05, 3.63) is 63.5 Å². The zero-order valence-electron chi connectivity index (χ0n) is 15.6. The van der Waals surface area contributed by atoms with Crippen molar-refractivity contribution in [2.45, 2.75) is 12.6 Å². The van der Waals surface area contributed by atoms with Crippen molar-refractivity contribution in [2.24, 2.45) is 0 Å². The van der Waals surface area contributed by atoms with Gasteiger partial charge in [-0.1, -0.05) is 29.3 Å². The van der Waals surface area contributed by atoms with E-state index in [4.69, 9.17) is 28.3 Å². The largest absolute Gasteiger partial charge is 0.435 e. The summed E-state index contributed by atoms with van der Waals surface area (Å²) in [5.41, 5.74) is -1.96. The highest BCUT2D eigenvalue weighted by Crippen LogP contribution is 2.34. The molecule has 2 heterocycles.